The van der Waals surface area contributed by atoms with E-state index in [-0.39, 0.29) is 26.0 Å². The van der Waals surface area contributed by atoms with Gasteiger partial charge in [0.05, 0.1) is 11.1 Å². The molecule has 0 saturated carbocycles. The summed E-state index contributed by atoms with van der Waals surface area (Å²) in [6.07, 6.45) is 7.00. The molecule has 4 heterocycles. The van der Waals surface area contributed by atoms with Crippen LogP contribution >= 0.6 is 102 Å². The van der Waals surface area contributed by atoms with Crippen molar-refractivity contribution >= 4 is 125 Å². The topological polar surface area (TPSA) is 61.4 Å². The van der Waals surface area contributed by atoms with Gasteiger partial charge in [0.25, 0.3) is 0 Å². The van der Waals surface area contributed by atoms with Crippen LogP contribution in [0.3, 0.4) is 0 Å². The second kappa shape index (κ2) is 14.4. The monoisotopic (exact) mass is 854 g/mol. The summed E-state index contributed by atoms with van der Waals surface area (Å²) in [7, 11) is 5.14. The number of halogens is 4. The zero-order chi connectivity index (χ0) is 19.3. The standard InChI is InChI=1S/C7H8N3P.C6H5BrN3P.CHI3.CH3.V/c1-5-6-2-3-10(11)7(6)9-4-8-5;7-5-4-1-2-10(11)6(4)9-3-8-5;2-1(3)4;;/h2-4H,11H2,1H3;1-3H,11H2;1H;1H3;/q;;;-1;. The van der Waals surface area contributed by atoms with Crippen LogP contribution in [0.15, 0.2) is 41.8 Å². The summed E-state index contributed by atoms with van der Waals surface area (Å²) in [5.74, 6) is 0. The first-order chi connectivity index (χ1) is 12.3. The summed E-state index contributed by atoms with van der Waals surface area (Å²) in [6, 6.07) is 3.98. The normalized spacial score (nSPS) is 9.71. The third kappa shape index (κ3) is 8.47. The maximum absolute atomic E-state index is 4.13. The van der Waals surface area contributed by atoms with Crippen molar-refractivity contribution in [3.8, 4) is 0 Å². The van der Waals surface area contributed by atoms with E-state index in [1.54, 1.807) is 6.33 Å². The predicted molar refractivity (Wildman–Crippen MR) is 150 cm³/mol. The molecule has 4 rings (SSSR count). The average Bonchev–Trinajstić information content (AvgIpc) is 3.14. The van der Waals surface area contributed by atoms with Gasteiger partial charge in [-0.25, -0.2) is 19.9 Å². The van der Waals surface area contributed by atoms with Crippen LogP contribution in [0.4, 0.5) is 0 Å². The Bertz CT molecular complexity index is 933. The molecule has 0 aliphatic heterocycles. The number of hydrogen-bond donors (Lipinski definition) is 0. The maximum atomic E-state index is 4.13. The van der Waals surface area contributed by atoms with Crippen LogP contribution in [0.5, 0.6) is 0 Å². The first-order valence-corrected chi connectivity index (χ1v) is 12.6. The van der Waals surface area contributed by atoms with Crippen LogP contribution in [-0.4, -0.2) is 28.5 Å². The van der Waals surface area contributed by atoms with Gasteiger partial charge in [-0.15, -0.1) is 0 Å². The smallest absolute Gasteiger partial charge is 0.147 e. The zero-order valence-corrected chi connectivity index (χ0v) is 26.6. The van der Waals surface area contributed by atoms with Crippen molar-refractivity contribution in [2.24, 2.45) is 0 Å². The Kier molecular flexibility index (Phi) is 15.1. The SMILES string of the molecule is Cc1ncnc2c1ccn2P.IC(I)I.Pn1ccc2c(Br)ncnc21.[CH3-].[V]. The molecular weight excluding hydrogens is 838 g/mol. The molecule has 0 fully saturated rings. The number of rotatable bonds is 0. The van der Waals surface area contributed by atoms with Gasteiger partial charge in [-0.1, -0.05) is 67.8 Å². The largest absolute Gasteiger partial charge is 0.358 e. The minimum absolute atomic E-state index is 0. The van der Waals surface area contributed by atoms with Crippen molar-refractivity contribution in [3.63, 3.8) is 0 Å². The van der Waals surface area contributed by atoms with E-state index in [0.29, 0.717) is 0 Å². The molecule has 4 aromatic heterocycles. The quantitative estimate of drug-likeness (QED) is 0.0693. The third-order valence-electron chi connectivity index (χ3n) is 3.17. The number of nitrogens with zero attached hydrogens (tertiary/aromatic N) is 6. The Morgan fingerprint density at radius 3 is 1.79 bits per heavy atom. The fraction of sp³-hybridized carbons (Fsp3) is 0.133. The van der Waals surface area contributed by atoms with Gasteiger partial charge in [-0.2, -0.15) is 0 Å². The number of aryl methyl sites for hydroxylation is 1. The predicted octanol–water partition coefficient (Wildman–Crippen LogP) is 6.23. The number of hydrogen-bond acceptors (Lipinski definition) is 4. The van der Waals surface area contributed by atoms with E-state index in [4.69, 9.17) is 0 Å². The average molecular weight is 855 g/mol. The fourth-order valence-corrected chi connectivity index (χ4v) is 3.02. The van der Waals surface area contributed by atoms with Gasteiger partial charge in [0.1, 0.15) is 28.5 Å². The summed E-state index contributed by atoms with van der Waals surface area (Å²) in [5.41, 5.74) is 2.90. The molecule has 13 heteroatoms. The van der Waals surface area contributed by atoms with Gasteiger partial charge < -0.3 is 16.1 Å². The minimum Gasteiger partial charge on any atom is -0.358 e. The van der Waals surface area contributed by atoms with Crippen LogP contribution in [0, 0.1) is 14.4 Å². The second-order valence-electron chi connectivity index (χ2n) is 4.79. The van der Waals surface area contributed by atoms with E-state index >= 15 is 0 Å². The molecule has 28 heavy (non-hydrogen) atoms. The van der Waals surface area contributed by atoms with Crippen LogP contribution in [-0.2, 0) is 18.6 Å². The third-order valence-corrected chi connectivity index (χ3v) is 4.63. The van der Waals surface area contributed by atoms with Crippen LogP contribution in [0.2, 0.25) is 0 Å². The molecule has 0 aliphatic rings. The van der Waals surface area contributed by atoms with E-state index in [1.165, 1.54) is 6.33 Å². The van der Waals surface area contributed by atoms with Crippen molar-refractivity contribution in [1.29, 1.82) is 0 Å². The van der Waals surface area contributed by atoms with E-state index < -0.39 is 0 Å². The number of alkyl halides is 3. The van der Waals surface area contributed by atoms with Gasteiger partial charge in [-0.05, 0) is 53.8 Å². The van der Waals surface area contributed by atoms with Crippen molar-refractivity contribution < 1.29 is 18.6 Å². The summed E-state index contributed by atoms with van der Waals surface area (Å²) in [4.78, 5) is 16.3. The molecule has 1 radical (unpaired) electrons. The first kappa shape index (κ1) is 29.4. The first-order valence-electron chi connectivity index (χ1n) is 6.99. The van der Waals surface area contributed by atoms with E-state index in [0.717, 1.165) is 32.3 Å². The molecule has 0 spiro atoms. The molecule has 0 aliphatic carbocycles. The Morgan fingerprint density at radius 1 is 0.893 bits per heavy atom. The van der Waals surface area contributed by atoms with Crippen molar-refractivity contribution in [3.05, 3.63) is 54.9 Å². The zero-order valence-electron chi connectivity index (χ0n) is 14.8. The van der Waals surface area contributed by atoms with Gasteiger partial charge in [0.15, 0.2) is 0 Å². The molecule has 0 aromatic carbocycles. The van der Waals surface area contributed by atoms with Gasteiger partial charge >= 0.3 is 0 Å². The Hall–Kier alpha value is 1.35. The summed E-state index contributed by atoms with van der Waals surface area (Å²) in [6.45, 7) is 1.98. The molecule has 6 nitrogen and oxygen atoms in total. The number of aromatic nitrogens is 6. The maximum Gasteiger partial charge on any atom is 0.147 e. The van der Waals surface area contributed by atoms with Gasteiger partial charge in [0, 0.05) is 36.3 Å². The summed E-state index contributed by atoms with van der Waals surface area (Å²) >= 11 is 10.3. The molecule has 0 bridgehead atoms. The van der Waals surface area contributed by atoms with Crippen molar-refractivity contribution in [1.82, 2.24) is 28.6 Å². The van der Waals surface area contributed by atoms with Gasteiger partial charge in [-0.3, -0.25) is 0 Å². The second-order valence-corrected chi connectivity index (χ2v) is 17.5. The van der Waals surface area contributed by atoms with Crippen LogP contribution in [0.25, 0.3) is 22.1 Å². The molecule has 2 atom stereocenters. The Morgan fingerprint density at radius 2 is 1.32 bits per heavy atom. The Labute approximate surface area is 230 Å². The molecule has 0 saturated heterocycles. The minimum atomic E-state index is 0. The molecule has 4 aromatic rings. The molecular formula is C15H17BrI3N6P2V-. The molecule has 0 N–H and O–H groups in total. The van der Waals surface area contributed by atoms with E-state index in [9.17, 15) is 0 Å². The molecule has 151 valence electrons. The van der Waals surface area contributed by atoms with Crippen molar-refractivity contribution in [2.75, 3.05) is 0 Å². The fourth-order valence-electron chi connectivity index (χ4n) is 2.04. The van der Waals surface area contributed by atoms with Crippen molar-refractivity contribution in [2.45, 2.75) is 6.86 Å². The summed E-state index contributed by atoms with van der Waals surface area (Å²) < 4.78 is 5.36. The van der Waals surface area contributed by atoms with E-state index in [1.807, 2.05) is 40.1 Å². The van der Waals surface area contributed by atoms with E-state index in [2.05, 4.69) is 122 Å². The summed E-state index contributed by atoms with van der Waals surface area (Å²) in [5, 5.41) is 2.14. The molecule has 0 amide bonds. The van der Waals surface area contributed by atoms with Crippen LogP contribution in [0.1, 0.15) is 5.69 Å². The Balaban J connectivity index is 0.000000415. The van der Waals surface area contributed by atoms with Gasteiger partial charge in [0.2, 0.25) is 0 Å². The molecule has 2 unspecified atom stereocenters. The van der Waals surface area contributed by atoms with Crippen LogP contribution < -0.4 is 0 Å². The number of fused-ring (bicyclic) bond motifs is 2.